The number of carbonyl (C=O) groups is 2. The Hall–Kier alpha value is -1.30. The van der Waals surface area contributed by atoms with Crippen LogP contribution in [-0.4, -0.2) is 43.5 Å². The first-order valence-corrected chi connectivity index (χ1v) is 6.96. The quantitative estimate of drug-likeness (QED) is 0.498. The largest absolute Gasteiger partial charge is 0.462 e. The van der Waals surface area contributed by atoms with Crippen LogP contribution in [-0.2, 0) is 14.3 Å². The van der Waals surface area contributed by atoms with Gasteiger partial charge in [0.2, 0.25) is 0 Å². The average molecular weight is 289 g/mol. The smallest absolute Gasteiger partial charge is 0.407 e. The number of nitrogens with one attached hydrogen (secondary N) is 1. The maximum absolute atomic E-state index is 11.3. The van der Waals surface area contributed by atoms with Crippen molar-refractivity contribution in [1.82, 2.24) is 5.32 Å². The third-order valence-corrected chi connectivity index (χ3v) is 2.76. The van der Waals surface area contributed by atoms with Crippen LogP contribution in [0.5, 0.6) is 0 Å². The molecule has 6 nitrogen and oxygen atoms in total. The summed E-state index contributed by atoms with van der Waals surface area (Å²) in [6, 6.07) is 0. The van der Waals surface area contributed by atoms with E-state index in [4.69, 9.17) is 14.6 Å². The maximum Gasteiger partial charge on any atom is 0.407 e. The second-order valence-corrected chi connectivity index (χ2v) is 5.81. The molecule has 0 rings (SSSR count). The Bertz CT molecular complexity index is 302. The minimum atomic E-state index is -0.521. The molecule has 0 unspecified atom stereocenters. The van der Waals surface area contributed by atoms with Crippen LogP contribution in [0.2, 0.25) is 0 Å². The van der Waals surface area contributed by atoms with Gasteiger partial charge in [0.25, 0.3) is 0 Å². The standard InChI is InChI=1S/C14H27NO5/c1-11(2)12(17)19-8-9-20-13(18)15-7-5-6-14(3,4)10-16/h11,16H,5-10H2,1-4H3,(H,15,18). The van der Waals surface area contributed by atoms with Crippen molar-refractivity contribution in [2.45, 2.75) is 40.5 Å². The van der Waals surface area contributed by atoms with Gasteiger partial charge in [-0.05, 0) is 18.3 Å². The molecular weight excluding hydrogens is 262 g/mol. The molecule has 2 N–H and O–H groups in total. The minimum Gasteiger partial charge on any atom is -0.462 e. The summed E-state index contributed by atoms with van der Waals surface area (Å²) in [5.41, 5.74) is -0.128. The van der Waals surface area contributed by atoms with E-state index in [1.165, 1.54) is 0 Å². The van der Waals surface area contributed by atoms with Crippen molar-refractivity contribution in [2.75, 3.05) is 26.4 Å². The number of rotatable bonds is 9. The van der Waals surface area contributed by atoms with Gasteiger partial charge in [0.15, 0.2) is 0 Å². The fourth-order valence-corrected chi connectivity index (χ4v) is 1.33. The number of aliphatic hydroxyl groups is 1. The summed E-state index contributed by atoms with van der Waals surface area (Å²) in [5, 5.41) is 11.7. The summed E-state index contributed by atoms with van der Waals surface area (Å²) in [6.07, 6.45) is 1.06. The molecule has 0 aliphatic heterocycles. The zero-order valence-corrected chi connectivity index (χ0v) is 12.9. The van der Waals surface area contributed by atoms with Gasteiger partial charge in [0, 0.05) is 13.2 Å². The van der Waals surface area contributed by atoms with Gasteiger partial charge in [-0.1, -0.05) is 27.7 Å². The Balaban J connectivity index is 3.53. The molecule has 0 atom stereocenters. The third-order valence-electron chi connectivity index (χ3n) is 2.76. The van der Waals surface area contributed by atoms with E-state index in [9.17, 15) is 9.59 Å². The summed E-state index contributed by atoms with van der Waals surface area (Å²) in [5.74, 6) is -0.487. The molecule has 0 saturated carbocycles. The van der Waals surface area contributed by atoms with Gasteiger partial charge in [-0.2, -0.15) is 0 Å². The number of aliphatic hydroxyl groups excluding tert-OH is 1. The van der Waals surface area contributed by atoms with Gasteiger partial charge < -0.3 is 19.9 Å². The van der Waals surface area contributed by atoms with E-state index in [0.717, 1.165) is 12.8 Å². The van der Waals surface area contributed by atoms with E-state index in [1.54, 1.807) is 13.8 Å². The van der Waals surface area contributed by atoms with Crippen molar-refractivity contribution in [3.05, 3.63) is 0 Å². The molecule has 0 aromatic rings. The molecule has 0 bridgehead atoms. The van der Waals surface area contributed by atoms with E-state index in [1.807, 2.05) is 13.8 Å². The van der Waals surface area contributed by atoms with Gasteiger partial charge in [-0.3, -0.25) is 4.79 Å². The zero-order chi connectivity index (χ0) is 15.6. The molecule has 0 spiro atoms. The lowest BCUT2D eigenvalue weighted by atomic mass is 9.89. The normalized spacial score (nSPS) is 11.3. The van der Waals surface area contributed by atoms with Crippen LogP contribution in [0.15, 0.2) is 0 Å². The lowest BCUT2D eigenvalue weighted by Crippen LogP contribution is -2.28. The monoisotopic (exact) mass is 289 g/mol. The topological polar surface area (TPSA) is 84.9 Å². The van der Waals surface area contributed by atoms with Crippen molar-refractivity contribution < 1.29 is 24.2 Å². The van der Waals surface area contributed by atoms with E-state index < -0.39 is 6.09 Å². The fraction of sp³-hybridized carbons (Fsp3) is 0.857. The molecular formula is C14H27NO5. The molecule has 0 saturated heterocycles. The van der Waals surface area contributed by atoms with Crippen molar-refractivity contribution in [3.63, 3.8) is 0 Å². The van der Waals surface area contributed by atoms with E-state index in [-0.39, 0.29) is 37.1 Å². The van der Waals surface area contributed by atoms with Gasteiger partial charge in [0.1, 0.15) is 13.2 Å². The first kappa shape index (κ1) is 18.7. The number of hydrogen-bond acceptors (Lipinski definition) is 5. The summed E-state index contributed by atoms with van der Waals surface area (Å²) in [4.78, 5) is 22.4. The highest BCUT2D eigenvalue weighted by molar-refractivity contribution is 5.71. The number of hydrogen-bond donors (Lipinski definition) is 2. The Morgan fingerprint density at radius 2 is 1.80 bits per heavy atom. The van der Waals surface area contributed by atoms with Crippen LogP contribution in [0.1, 0.15) is 40.5 Å². The molecule has 20 heavy (non-hydrogen) atoms. The number of amides is 1. The van der Waals surface area contributed by atoms with Crippen LogP contribution in [0.4, 0.5) is 4.79 Å². The van der Waals surface area contributed by atoms with Crippen LogP contribution >= 0.6 is 0 Å². The van der Waals surface area contributed by atoms with Crippen molar-refractivity contribution >= 4 is 12.1 Å². The first-order valence-electron chi connectivity index (χ1n) is 6.96. The molecule has 1 amide bonds. The highest BCUT2D eigenvalue weighted by Crippen LogP contribution is 2.20. The minimum absolute atomic E-state index is 0.0480. The third kappa shape index (κ3) is 9.61. The Labute approximate surface area is 120 Å². The van der Waals surface area contributed by atoms with Gasteiger partial charge in [-0.15, -0.1) is 0 Å². The highest BCUT2D eigenvalue weighted by Gasteiger charge is 2.15. The number of esters is 1. The predicted octanol–water partition coefficient (Wildman–Crippen LogP) is 1.71. The van der Waals surface area contributed by atoms with Crippen LogP contribution < -0.4 is 5.32 Å². The van der Waals surface area contributed by atoms with Crippen molar-refractivity contribution in [2.24, 2.45) is 11.3 Å². The molecule has 0 heterocycles. The Morgan fingerprint density at radius 1 is 1.20 bits per heavy atom. The lowest BCUT2D eigenvalue weighted by molar-refractivity contribution is -0.148. The maximum atomic E-state index is 11.3. The Kier molecular flexibility index (Phi) is 8.96. The summed E-state index contributed by atoms with van der Waals surface area (Å²) in [7, 11) is 0. The van der Waals surface area contributed by atoms with Crippen molar-refractivity contribution in [3.8, 4) is 0 Å². The van der Waals surface area contributed by atoms with Crippen LogP contribution in [0.25, 0.3) is 0 Å². The average Bonchev–Trinajstić information content (AvgIpc) is 2.39. The molecule has 0 aromatic heterocycles. The molecule has 0 aliphatic carbocycles. The highest BCUT2D eigenvalue weighted by atomic mass is 16.6. The van der Waals surface area contributed by atoms with Gasteiger partial charge in [-0.25, -0.2) is 4.79 Å². The van der Waals surface area contributed by atoms with Gasteiger partial charge >= 0.3 is 12.1 Å². The van der Waals surface area contributed by atoms with E-state index in [0.29, 0.717) is 6.54 Å². The first-order chi connectivity index (χ1) is 9.28. The number of ether oxygens (including phenoxy) is 2. The molecule has 0 radical (unpaired) electrons. The molecule has 6 heteroatoms. The molecule has 118 valence electrons. The zero-order valence-electron chi connectivity index (χ0n) is 12.9. The molecule has 0 aliphatic rings. The van der Waals surface area contributed by atoms with E-state index >= 15 is 0 Å². The van der Waals surface area contributed by atoms with Crippen molar-refractivity contribution in [1.29, 1.82) is 0 Å². The summed E-state index contributed by atoms with van der Waals surface area (Å²) >= 11 is 0. The van der Waals surface area contributed by atoms with Gasteiger partial charge in [0.05, 0.1) is 5.92 Å². The molecule has 0 aromatic carbocycles. The molecule has 0 fully saturated rings. The number of carbonyl (C=O) groups excluding carboxylic acids is 2. The predicted molar refractivity (Wildman–Crippen MR) is 75.2 cm³/mol. The lowest BCUT2D eigenvalue weighted by Gasteiger charge is -2.21. The number of alkyl carbamates (subject to hydrolysis) is 1. The second-order valence-electron chi connectivity index (χ2n) is 5.81. The Morgan fingerprint density at radius 3 is 2.35 bits per heavy atom. The SMILES string of the molecule is CC(C)C(=O)OCCOC(=O)NCCCC(C)(C)CO. The van der Waals surface area contributed by atoms with Crippen LogP contribution in [0, 0.1) is 11.3 Å². The summed E-state index contributed by atoms with van der Waals surface area (Å²) in [6.45, 7) is 8.15. The van der Waals surface area contributed by atoms with Crippen LogP contribution in [0.3, 0.4) is 0 Å². The summed E-state index contributed by atoms with van der Waals surface area (Å²) < 4.78 is 9.72. The fourth-order valence-electron chi connectivity index (χ4n) is 1.33. The second kappa shape index (κ2) is 9.58. The van der Waals surface area contributed by atoms with E-state index in [2.05, 4.69) is 5.32 Å².